The fourth-order valence-corrected chi connectivity index (χ4v) is 4.30. The molecular weight excluding hydrogens is 384 g/mol. The smallest absolute Gasteiger partial charge is 0.175 e. The molecule has 6 nitrogen and oxygen atoms in total. The van der Waals surface area contributed by atoms with Gasteiger partial charge in [-0.05, 0) is 41.5 Å². The van der Waals surface area contributed by atoms with Crippen LogP contribution in [-0.4, -0.2) is 36.1 Å². The highest BCUT2D eigenvalue weighted by atomic mass is 35.5. The van der Waals surface area contributed by atoms with E-state index in [-0.39, 0.29) is 4.90 Å². The Hall–Kier alpha value is -2.22. The van der Waals surface area contributed by atoms with Crippen LogP contribution in [-0.2, 0) is 29.3 Å². The summed E-state index contributed by atoms with van der Waals surface area (Å²) < 4.78 is 23.3. The summed E-state index contributed by atoms with van der Waals surface area (Å²) in [5.74, 6) is 0.472. The number of nitrogens with two attached hydrogens (primary N) is 1. The molecule has 27 heavy (non-hydrogen) atoms. The van der Waals surface area contributed by atoms with E-state index in [1.165, 1.54) is 17.9 Å². The number of halogens is 1. The Morgan fingerprint density at radius 2 is 2.00 bits per heavy atom. The largest absolute Gasteiger partial charge is 0.384 e. The number of nitrogens with zero attached hydrogens (tertiary/aromatic N) is 3. The predicted octanol–water partition coefficient (Wildman–Crippen LogP) is 2.83. The van der Waals surface area contributed by atoms with Crippen LogP contribution in [0.1, 0.15) is 16.8 Å². The summed E-state index contributed by atoms with van der Waals surface area (Å²) in [6.45, 7) is 2.26. The minimum absolute atomic E-state index is 0.239. The summed E-state index contributed by atoms with van der Waals surface area (Å²) in [7, 11) is -3.26. The van der Waals surface area contributed by atoms with Gasteiger partial charge in [0.25, 0.3) is 0 Å². The van der Waals surface area contributed by atoms with Crippen molar-refractivity contribution in [3.05, 3.63) is 58.2 Å². The second-order valence-electron chi connectivity index (χ2n) is 6.86. The van der Waals surface area contributed by atoms with Crippen molar-refractivity contribution >= 4 is 38.3 Å². The van der Waals surface area contributed by atoms with E-state index in [2.05, 4.69) is 20.9 Å². The molecule has 0 unspecified atom stereocenters. The fraction of sp³-hybridized carbons (Fsp3) is 0.263. The number of anilines is 1. The van der Waals surface area contributed by atoms with Gasteiger partial charge in [-0.2, -0.15) is 0 Å². The standard InChI is InChI=1S/C19H19ClN4O2S/c1-27(25,26)15-4-2-13(16(20)9-15)10-24-7-6-17-14(11-24)8-12-3-5-18(21)23-19(12)22-17/h2-5,8-9H,6-7,10-11H2,1H3,(H2,21,22,23). The maximum atomic E-state index is 11.7. The first kappa shape index (κ1) is 18.2. The summed E-state index contributed by atoms with van der Waals surface area (Å²) in [5.41, 5.74) is 9.57. The summed E-state index contributed by atoms with van der Waals surface area (Å²) in [6, 6.07) is 10.8. The molecule has 3 heterocycles. The lowest BCUT2D eigenvalue weighted by Gasteiger charge is -2.28. The highest BCUT2D eigenvalue weighted by Crippen LogP contribution is 2.26. The zero-order valence-electron chi connectivity index (χ0n) is 14.8. The van der Waals surface area contributed by atoms with Gasteiger partial charge in [-0.15, -0.1) is 0 Å². The number of hydrogen-bond donors (Lipinski definition) is 1. The summed E-state index contributed by atoms with van der Waals surface area (Å²) in [5, 5.41) is 1.44. The lowest BCUT2D eigenvalue weighted by Crippen LogP contribution is -2.30. The van der Waals surface area contributed by atoms with Gasteiger partial charge in [-0.3, -0.25) is 4.90 Å². The molecule has 0 fully saturated rings. The maximum absolute atomic E-state index is 11.7. The zero-order chi connectivity index (χ0) is 19.2. The Labute approximate surface area is 162 Å². The summed E-state index contributed by atoms with van der Waals surface area (Å²) >= 11 is 6.32. The van der Waals surface area contributed by atoms with E-state index in [1.807, 2.05) is 6.07 Å². The second-order valence-corrected chi connectivity index (χ2v) is 9.29. The molecule has 0 atom stereocenters. The van der Waals surface area contributed by atoms with Crippen molar-refractivity contribution < 1.29 is 8.42 Å². The van der Waals surface area contributed by atoms with Gasteiger partial charge in [0.1, 0.15) is 5.82 Å². The van der Waals surface area contributed by atoms with E-state index in [0.29, 0.717) is 23.0 Å². The molecule has 2 aromatic heterocycles. The van der Waals surface area contributed by atoms with Crippen molar-refractivity contribution in [3.63, 3.8) is 0 Å². The molecule has 4 rings (SSSR count). The van der Waals surface area contributed by atoms with Crippen LogP contribution in [0.2, 0.25) is 5.02 Å². The van der Waals surface area contributed by atoms with E-state index < -0.39 is 9.84 Å². The van der Waals surface area contributed by atoms with Gasteiger partial charge in [0, 0.05) is 48.4 Å². The molecule has 0 aliphatic carbocycles. The van der Waals surface area contributed by atoms with Crippen molar-refractivity contribution in [1.82, 2.24) is 14.9 Å². The SMILES string of the molecule is CS(=O)(=O)c1ccc(CN2CCc3nc4nc(N)ccc4cc3C2)c(Cl)c1. The van der Waals surface area contributed by atoms with Crippen LogP contribution in [0.5, 0.6) is 0 Å². The molecule has 0 amide bonds. The summed E-state index contributed by atoms with van der Waals surface area (Å²) in [6.07, 6.45) is 2.00. The topological polar surface area (TPSA) is 89.2 Å². The molecule has 0 radical (unpaired) electrons. The number of pyridine rings is 2. The molecule has 3 aromatic rings. The van der Waals surface area contributed by atoms with Crippen LogP contribution in [0.3, 0.4) is 0 Å². The van der Waals surface area contributed by atoms with Gasteiger partial charge < -0.3 is 5.73 Å². The third-order valence-electron chi connectivity index (χ3n) is 4.77. The quantitative estimate of drug-likeness (QED) is 0.724. The van der Waals surface area contributed by atoms with Crippen LogP contribution in [0.15, 0.2) is 41.3 Å². The average molecular weight is 403 g/mol. The van der Waals surface area contributed by atoms with Gasteiger partial charge in [0.2, 0.25) is 0 Å². The third kappa shape index (κ3) is 3.76. The summed E-state index contributed by atoms with van der Waals surface area (Å²) in [4.78, 5) is 11.5. The van der Waals surface area contributed by atoms with Gasteiger partial charge >= 0.3 is 0 Å². The number of sulfone groups is 1. The Morgan fingerprint density at radius 1 is 1.19 bits per heavy atom. The van der Waals surface area contributed by atoms with Crippen molar-refractivity contribution in [2.45, 2.75) is 24.4 Å². The highest BCUT2D eigenvalue weighted by Gasteiger charge is 2.20. The van der Waals surface area contributed by atoms with Gasteiger partial charge in [0.15, 0.2) is 15.5 Å². The monoisotopic (exact) mass is 402 g/mol. The molecule has 8 heteroatoms. The van der Waals surface area contributed by atoms with Gasteiger partial charge in [-0.25, -0.2) is 18.4 Å². The number of hydrogen-bond acceptors (Lipinski definition) is 6. The van der Waals surface area contributed by atoms with Crippen molar-refractivity contribution in [2.24, 2.45) is 0 Å². The number of nitrogen functional groups attached to an aromatic ring is 1. The molecule has 0 spiro atoms. The Balaban J connectivity index is 1.57. The molecule has 0 saturated carbocycles. The number of benzene rings is 1. The Morgan fingerprint density at radius 3 is 2.74 bits per heavy atom. The van der Waals surface area contributed by atoms with Crippen molar-refractivity contribution in [1.29, 1.82) is 0 Å². The number of rotatable bonds is 3. The lowest BCUT2D eigenvalue weighted by molar-refractivity contribution is 0.244. The molecule has 0 saturated heterocycles. The number of aromatic nitrogens is 2. The van der Waals surface area contributed by atoms with Crippen molar-refractivity contribution in [2.75, 3.05) is 18.5 Å². The molecule has 1 aliphatic rings. The molecule has 1 aliphatic heterocycles. The van der Waals surface area contributed by atoms with E-state index in [0.717, 1.165) is 36.2 Å². The van der Waals surface area contributed by atoms with Crippen molar-refractivity contribution in [3.8, 4) is 0 Å². The lowest BCUT2D eigenvalue weighted by atomic mass is 10.0. The minimum atomic E-state index is -3.26. The molecular formula is C19H19ClN4O2S. The third-order valence-corrected chi connectivity index (χ3v) is 6.24. The van der Waals surface area contributed by atoms with Crippen LogP contribution in [0, 0.1) is 0 Å². The highest BCUT2D eigenvalue weighted by molar-refractivity contribution is 7.90. The first-order valence-electron chi connectivity index (χ1n) is 8.55. The molecule has 0 bridgehead atoms. The van der Waals surface area contributed by atoms with Crippen LogP contribution < -0.4 is 5.73 Å². The average Bonchev–Trinajstić information content (AvgIpc) is 2.61. The molecule has 1 aromatic carbocycles. The van der Waals surface area contributed by atoms with E-state index >= 15 is 0 Å². The Bertz CT molecular complexity index is 1150. The van der Waals surface area contributed by atoms with E-state index in [4.69, 9.17) is 17.3 Å². The second kappa shape index (κ2) is 6.74. The molecule has 140 valence electrons. The van der Waals surface area contributed by atoms with E-state index in [1.54, 1.807) is 18.2 Å². The maximum Gasteiger partial charge on any atom is 0.175 e. The van der Waals surface area contributed by atoms with Gasteiger partial charge in [-0.1, -0.05) is 17.7 Å². The Kier molecular flexibility index (Phi) is 4.53. The first-order valence-corrected chi connectivity index (χ1v) is 10.8. The van der Waals surface area contributed by atoms with Gasteiger partial charge in [0.05, 0.1) is 4.90 Å². The van der Waals surface area contributed by atoms with E-state index in [9.17, 15) is 8.42 Å². The van der Waals surface area contributed by atoms with Crippen LogP contribution in [0.25, 0.3) is 11.0 Å². The fourth-order valence-electron chi connectivity index (χ4n) is 3.35. The minimum Gasteiger partial charge on any atom is -0.384 e. The normalized spacial score (nSPS) is 15.0. The number of fused-ring (bicyclic) bond motifs is 2. The van der Waals surface area contributed by atoms with Crippen LogP contribution >= 0.6 is 11.6 Å². The molecule has 2 N–H and O–H groups in total. The first-order chi connectivity index (χ1) is 12.8. The predicted molar refractivity (Wildman–Crippen MR) is 106 cm³/mol. The van der Waals surface area contributed by atoms with Crippen LogP contribution in [0.4, 0.5) is 5.82 Å². The zero-order valence-corrected chi connectivity index (χ0v) is 16.4.